The van der Waals surface area contributed by atoms with Crippen LogP contribution in [0.1, 0.15) is 19.3 Å². The second kappa shape index (κ2) is 4.19. The molecule has 4 nitrogen and oxygen atoms in total. The van der Waals surface area contributed by atoms with Crippen LogP contribution in [0.3, 0.4) is 0 Å². The molecule has 0 heterocycles. The molecule has 0 saturated heterocycles. The van der Waals surface area contributed by atoms with Gasteiger partial charge in [0.25, 0.3) is 0 Å². The second-order valence-electron chi connectivity index (χ2n) is 3.56. The molecule has 76 valence electrons. The summed E-state index contributed by atoms with van der Waals surface area (Å²) in [4.78, 5) is 10.5. The predicted molar refractivity (Wildman–Crippen MR) is 48.8 cm³/mol. The standard InChI is InChI=1S/C8H14O4S/c1-12-6-13(11)5-8(2-3-8)4-7(9)10/h2-6H2,1H3,(H,9,10). The monoisotopic (exact) mass is 206 g/mol. The summed E-state index contributed by atoms with van der Waals surface area (Å²) in [6.45, 7) is 0. The highest BCUT2D eigenvalue weighted by molar-refractivity contribution is 7.84. The molecule has 0 bridgehead atoms. The average molecular weight is 206 g/mol. The van der Waals surface area contributed by atoms with Gasteiger partial charge in [0.1, 0.15) is 5.94 Å². The molecule has 1 unspecified atom stereocenters. The van der Waals surface area contributed by atoms with Gasteiger partial charge in [0.05, 0.1) is 6.42 Å². The Morgan fingerprint density at radius 1 is 1.62 bits per heavy atom. The molecule has 1 aliphatic carbocycles. The fourth-order valence-electron chi connectivity index (χ4n) is 1.38. The number of hydrogen-bond donors (Lipinski definition) is 1. The number of hydrogen-bond acceptors (Lipinski definition) is 3. The minimum absolute atomic E-state index is 0.141. The lowest BCUT2D eigenvalue weighted by molar-refractivity contribution is -0.138. The Hall–Kier alpha value is -0.420. The summed E-state index contributed by atoms with van der Waals surface area (Å²) < 4.78 is 16.0. The van der Waals surface area contributed by atoms with Gasteiger partial charge in [-0.2, -0.15) is 0 Å². The molecule has 0 aromatic rings. The van der Waals surface area contributed by atoms with Crippen LogP contribution in [0.15, 0.2) is 0 Å². The van der Waals surface area contributed by atoms with Crippen LogP contribution in [-0.4, -0.2) is 34.1 Å². The number of aliphatic carboxylic acids is 1. The lowest BCUT2D eigenvalue weighted by atomic mass is 10.1. The van der Waals surface area contributed by atoms with Gasteiger partial charge in [-0.25, -0.2) is 0 Å². The number of rotatable bonds is 6. The van der Waals surface area contributed by atoms with Crippen molar-refractivity contribution in [2.24, 2.45) is 5.41 Å². The molecule has 13 heavy (non-hydrogen) atoms. The van der Waals surface area contributed by atoms with Gasteiger partial charge in [-0.15, -0.1) is 0 Å². The summed E-state index contributed by atoms with van der Waals surface area (Å²) in [5.74, 6) is -0.124. The number of carboxylic acid groups (broad SMARTS) is 1. The number of ether oxygens (including phenoxy) is 1. The summed E-state index contributed by atoms with van der Waals surface area (Å²) in [7, 11) is 0.466. The van der Waals surface area contributed by atoms with E-state index in [2.05, 4.69) is 0 Å². The van der Waals surface area contributed by atoms with E-state index in [1.165, 1.54) is 7.11 Å². The number of methoxy groups -OCH3 is 1. The Morgan fingerprint density at radius 2 is 2.23 bits per heavy atom. The molecular formula is C8H14O4S. The maximum atomic E-state index is 11.3. The predicted octanol–water partition coefficient (Wildman–Crippen LogP) is 0.594. The van der Waals surface area contributed by atoms with Gasteiger partial charge in [-0.05, 0) is 18.3 Å². The van der Waals surface area contributed by atoms with Gasteiger partial charge >= 0.3 is 5.97 Å². The number of carbonyl (C=O) groups is 1. The van der Waals surface area contributed by atoms with Crippen molar-refractivity contribution in [1.82, 2.24) is 0 Å². The van der Waals surface area contributed by atoms with Gasteiger partial charge in [0, 0.05) is 23.7 Å². The van der Waals surface area contributed by atoms with E-state index in [-0.39, 0.29) is 17.8 Å². The maximum absolute atomic E-state index is 11.3. The molecule has 1 aliphatic rings. The van der Waals surface area contributed by atoms with Crippen molar-refractivity contribution in [2.75, 3.05) is 18.8 Å². The molecule has 5 heteroatoms. The van der Waals surface area contributed by atoms with E-state index in [0.29, 0.717) is 5.75 Å². The summed E-state index contributed by atoms with van der Waals surface area (Å²) in [5, 5.41) is 8.60. The second-order valence-corrected chi connectivity index (χ2v) is 4.97. The van der Waals surface area contributed by atoms with E-state index in [1.54, 1.807) is 0 Å². The smallest absolute Gasteiger partial charge is 0.303 e. The molecule has 0 radical (unpaired) electrons. The first-order valence-electron chi connectivity index (χ1n) is 4.14. The SMILES string of the molecule is COCS(=O)CC1(CC(=O)O)CC1. The van der Waals surface area contributed by atoms with Crippen molar-refractivity contribution in [1.29, 1.82) is 0 Å². The highest BCUT2D eigenvalue weighted by atomic mass is 32.2. The molecule has 0 amide bonds. The van der Waals surface area contributed by atoms with Crippen molar-refractivity contribution >= 4 is 16.8 Å². The minimum Gasteiger partial charge on any atom is -0.481 e. The Morgan fingerprint density at radius 3 is 2.62 bits per heavy atom. The first-order chi connectivity index (χ1) is 6.08. The molecule has 1 N–H and O–H groups in total. The van der Waals surface area contributed by atoms with Crippen molar-refractivity contribution in [3.05, 3.63) is 0 Å². The first kappa shape index (κ1) is 10.7. The quantitative estimate of drug-likeness (QED) is 0.691. The Balaban J connectivity index is 2.34. The van der Waals surface area contributed by atoms with Gasteiger partial charge in [-0.1, -0.05) is 0 Å². The van der Waals surface area contributed by atoms with Gasteiger partial charge < -0.3 is 9.84 Å². The molecule has 0 aromatic carbocycles. The van der Waals surface area contributed by atoms with Crippen LogP contribution in [0.2, 0.25) is 0 Å². The van der Waals surface area contributed by atoms with E-state index in [4.69, 9.17) is 9.84 Å². The molecule has 1 fully saturated rings. The summed E-state index contributed by atoms with van der Waals surface area (Å²) >= 11 is 0. The van der Waals surface area contributed by atoms with E-state index in [1.807, 2.05) is 0 Å². The minimum atomic E-state index is -1.03. The van der Waals surface area contributed by atoms with Crippen LogP contribution in [0.4, 0.5) is 0 Å². The number of carboxylic acids is 1. The fraction of sp³-hybridized carbons (Fsp3) is 0.875. The lowest BCUT2D eigenvalue weighted by Gasteiger charge is -2.10. The van der Waals surface area contributed by atoms with Crippen LogP contribution in [0, 0.1) is 5.41 Å². The topological polar surface area (TPSA) is 63.6 Å². The third kappa shape index (κ3) is 3.44. The third-order valence-corrected chi connectivity index (χ3v) is 3.63. The van der Waals surface area contributed by atoms with Crippen molar-refractivity contribution in [2.45, 2.75) is 19.3 Å². The van der Waals surface area contributed by atoms with Crippen LogP contribution >= 0.6 is 0 Å². The van der Waals surface area contributed by atoms with E-state index >= 15 is 0 Å². The molecule has 0 aliphatic heterocycles. The van der Waals surface area contributed by atoms with Gasteiger partial charge in [-0.3, -0.25) is 9.00 Å². The van der Waals surface area contributed by atoms with Crippen LogP contribution < -0.4 is 0 Å². The van der Waals surface area contributed by atoms with E-state index in [0.717, 1.165) is 12.8 Å². The average Bonchev–Trinajstić information content (AvgIpc) is 2.67. The maximum Gasteiger partial charge on any atom is 0.303 e. The van der Waals surface area contributed by atoms with Crippen LogP contribution in [0.25, 0.3) is 0 Å². The largest absolute Gasteiger partial charge is 0.481 e. The van der Waals surface area contributed by atoms with E-state index < -0.39 is 16.8 Å². The molecule has 1 saturated carbocycles. The van der Waals surface area contributed by atoms with Crippen molar-refractivity contribution in [3.8, 4) is 0 Å². The first-order valence-corrected chi connectivity index (χ1v) is 5.62. The molecular weight excluding hydrogens is 192 g/mol. The lowest BCUT2D eigenvalue weighted by Crippen LogP contribution is -2.18. The zero-order chi connectivity index (χ0) is 9.90. The summed E-state index contributed by atoms with van der Waals surface area (Å²) in [5.41, 5.74) is -0.185. The molecule has 0 spiro atoms. The fourth-order valence-corrected chi connectivity index (χ4v) is 2.80. The van der Waals surface area contributed by atoms with Gasteiger partial charge in [0.2, 0.25) is 0 Å². The summed E-state index contributed by atoms with van der Waals surface area (Å²) in [6.07, 6.45) is 1.91. The van der Waals surface area contributed by atoms with Crippen molar-refractivity contribution < 1.29 is 18.8 Å². The third-order valence-electron chi connectivity index (χ3n) is 2.20. The van der Waals surface area contributed by atoms with Crippen LogP contribution in [0.5, 0.6) is 0 Å². The highest BCUT2D eigenvalue weighted by Gasteiger charge is 2.45. The molecule has 1 rings (SSSR count). The van der Waals surface area contributed by atoms with Crippen molar-refractivity contribution in [3.63, 3.8) is 0 Å². The molecule has 1 atom stereocenters. The molecule has 0 aromatic heterocycles. The van der Waals surface area contributed by atoms with Gasteiger partial charge in [0.15, 0.2) is 0 Å². The van der Waals surface area contributed by atoms with E-state index in [9.17, 15) is 9.00 Å². The Bertz CT molecular complexity index is 222. The zero-order valence-corrected chi connectivity index (χ0v) is 8.43. The Kier molecular flexibility index (Phi) is 3.44. The highest BCUT2D eigenvalue weighted by Crippen LogP contribution is 2.49. The normalized spacial score (nSPS) is 21.0. The zero-order valence-electron chi connectivity index (χ0n) is 7.62. The summed E-state index contributed by atoms with van der Waals surface area (Å²) in [6, 6.07) is 0. The Labute approximate surface area is 79.7 Å². The van der Waals surface area contributed by atoms with Crippen LogP contribution in [-0.2, 0) is 20.3 Å².